The number of benzene rings is 1. The lowest BCUT2D eigenvalue weighted by atomic mass is 10.2. The van der Waals surface area contributed by atoms with Crippen molar-refractivity contribution in [1.29, 1.82) is 0 Å². The van der Waals surface area contributed by atoms with Crippen LogP contribution in [0.25, 0.3) is 0 Å². The fourth-order valence-corrected chi connectivity index (χ4v) is 2.66. The Morgan fingerprint density at radius 1 is 1.48 bits per heavy atom. The summed E-state index contributed by atoms with van der Waals surface area (Å²) in [6.45, 7) is 1.87. The quantitative estimate of drug-likeness (QED) is 0.917. The third-order valence-electron chi connectivity index (χ3n) is 3.63. The summed E-state index contributed by atoms with van der Waals surface area (Å²) >= 11 is 5.81. The normalized spacial score (nSPS) is 20.7. The number of hydrogen-bond donors (Lipinski definition) is 1. The van der Waals surface area contributed by atoms with Crippen molar-refractivity contribution < 1.29 is 19.2 Å². The van der Waals surface area contributed by atoms with Crippen LogP contribution in [0, 0.1) is 0 Å². The van der Waals surface area contributed by atoms with Gasteiger partial charge in [0.25, 0.3) is 0 Å². The minimum absolute atomic E-state index is 0.135. The maximum Gasteiger partial charge on any atom is 0.249 e. The van der Waals surface area contributed by atoms with E-state index in [-0.39, 0.29) is 25.1 Å². The van der Waals surface area contributed by atoms with Crippen LogP contribution >= 0.6 is 11.6 Å². The number of likely N-dealkylation sites (tertiary alicyclic amines) is 1. The van der Waals surface area contributed by atoms with Gasteiger partial charge in [0.1, 0.15) is 11.8 Å². The summed E-state index contributed by atoms with van der Waals surface area (Å²) in [5, 5.41) is 14.2. The third-order valence-corrected chi connectivity index (χ3v) is 3.89. The van der Waals surface area contributed by atoms with Gasteiger partial charge in [-0.05, 0) is 24.3 Å². The van der Waals surface area contributed by atoms with Gasteiger partial charge in [0.05, 0.1) is 6.10 Å². The van der Waals surface area contributed by atoms with E-state index in [0.29, 0.717) is 28.9 Å². The first kappa shape index (κ1) is 15.8. The molecule has 0 spiro atoms. The Morgan fingerprint density at radius 3 is 2.91 bits per heavy atom. The first-order valence-electron chi connectivity index (χ1n) is 7.19. The summed E-state index contributed by atoms with van der Waals surface area (Å²) in [6.07, 6.45) is -0.191. The number of rotatable bonds is 4. The number of ether oxygens (including phenoxy) is 1. The van der Waals surface area contributed by atoms with Crippen LogP contribution in [0.4, 0.5) is 0 Å². The van der Waals surface area contributed by atoms with Gasteiger partial charge in [-0.3, -0.25) is 4.79 Å². The van der Waals surface area contributed by atoms with Gasteiger partial charge >= 0.3 is 0 Å². The molecular weight excluding hydrogens is 322 g/mol. The molecule has 23 heavy (non-hydrogen) atoms. The van der Waals surface area contributed by atoms with E-state index in [9.17, 15) is 9.90 Å². The van der Waals surface area contributed by atoms with Gasteiger partial charge in [0.15, 0.2) is 6.61 Å². The number of β-amino-alcohol motifs (C(OH)–C–C–N with tert-alkyl or cyclic N) is 1. The summed E-state index contributed by atoms with van der Waals surface area (Å²) in [5.41, 5.74) is 0. The molecular formula is C15H16ClN3O4. The van der Waals surface area contributed by atoms with Gasteiger partial charge in [0, 0.05) is 24.9 Å². The summed E-state index contributed by atoms with van der Waals surface area (Å²) in [4.78, 5) is 17.4. The molecule has 1 amide bonds. The highest BCUT2D eigenvalue weighted by atomic mass is 35.5. The molecule has 8 heteroatoms. The second kappa shape index (κ2) is 6.55. The molecule has 1 aromatic carbocycles. The number of hydrogen-bond acceptors (Lipinski definition) is 6. The van der Waals surface area contributed by atoms with Crippen molar-refractivity contribution in [2.75, 3.05) is 6.54 Å². The number of carbonyl (C=O) groups excluding carboxylic acids is 1. The molecule has 7 nitrogen and oxygen atoms in total. The zero-order valence-electron chi connectivity index (χ0n) is 12.5. The van der Waals surface area contributed by atoms with Crippen molar-refractivity contribution in [3.8, 4) is 5.75 Å². The zero-order chi connectivity index (χ0) is 16.4. The first-order chi connectivity index (χ1) is 11.0. The Hall–Kier alpha value is -2.12. The van der Waals surface area contributed by atoms with Gasteiger partial charge in [-0.1, -0.05) is 16.8 Å². The smallest absolute Gasteiger partial charge is 0.249 e. The lowest BCUT2D eigenvalue weighted by Gasteiger charge is -2.19. The van der Waals surface area contributed by atoms with Gasteiger partial charge < -0.3 is 19.3 Å². The molecule has 1 aromatic heterocycles. The van der Waals surface area contributed by atoms with Crippen molar-refractivity contribution in [3.63, 3.8) is 0 Å². The average molecular weight is 338 g/mol. The molecule has 3 rings (SSSR count). The predicted octanol–water partition coefficient (Wildman–Crippen LogP) is 1.96. The molecule has 1 fully saturated rings. The minimum atomic E-state index is -0.579. The standard InChI is InChI=1S/C15H16ClN3O4/c1-9(20)19-7-11(21)6-13(19)15-17-14(18-23-15)8-22-12-4-2-10(16)3-5-12/h2-5,11,13,21H,6-8H2,1H3/t11-,13+/m0/s1. The van der Waals surface area contributed by atoms with E-state index >= 15 is 0 Å². The van der Waals surface area contributed by atoms with E-state index in [1.54, 1.807) is 24.3 Å². The molecule has 1 aliphatic rings. The Balaban J connectivity index is 1.65. The number of aliphatic hydroxyl groups is 1. The Morgan fingerprint density at radius 2 is 2.22 bits per heavy atom. The van der Waals surface area contributed by atoms with Crippen molar-refractivity contribution in [2.24, 2.45) is 0 Å². The highest BCUT2D eigenvalue weighted by Gasteiger charge is 2.37. The topological polar surface area (TPSA) is 88.7 Å². The van der Waals surface area contributed by atoms with E-state index in [0.717, 1.165) is 0 Å². The van der Waals surface area contributed by atoms with Crippen LogP contribution in [-0.2, 0) is 11.4 Å². The largest absolute Gasteiger partial charge is 0.485 e. The maximum absolute atomic E-state index is 11.6. The SMILES string of the molecule is CC(=O)N1C[C@@H](O)C[C@@H]1c1nc(COc2ccc(Cl)cc2)no1. The second-order valence-corrected chi connectivity index (χ2v) is 5.80. The van der Waals surface area contributed by atoms with E-state index < -0.39 is 6.10 Å². The molecule has 2 heterocycles. The molecule has 1 N–H and O–H groups in total. The Labute approximate surface area is 137 Å². The molecule has 0 radical (unpaired) electrons. The molecule has 2 atom stereocenters. The van der Waals surface area contributed by atoms with E-state index in [2.05, 4.69) is 10.1 Å². The van der Waals surface area contributed by atoms with Crippen LogP contribution in [0.5, 0.6) is 5.75 Å². The van der Waals surface area contributed by atoms with E-state index in [1.165, 1.54) is 11.8 Å². The molecule has 0 aliphatic carbocycles. The predicted molar refractivity (Wildman–Crippen MR) is 80.8 cm³/mol. The molecule has 2 aromatic rings. The van der Waals surface area contributed by atoms with E-state index in [4.69, 9.17) is 20.9 Å². The molecule has 1 saturated heterocycles. The summed E-state index contributed by atoms with van der Waals surface area (Å²) < 4.78 is 10.8. The third kappa shape index (κ3) is 3.62. The van der Waals surface area contributed by atoms with E-state index in [1.807, 2.05) is 0 Å². The first-order valence-corrected chi connectivity index (χ1v) is 7.57. The molecule has 0 bridgehead atoms. The zero-order valence-corrected chi connectivity index (χ0v) is 13.2. The van der Waals surface area contributed by atoms with Crippen molar-refractivity contribution in [3.05, 3.63) is 41.0 Å². The fourth-order valence-electron chi connectivity index (χ4n) is 2.54. The summed E-state index contributed by atoms with van der Waals surface area (Å²) in [5.74, 6) is 1.19. The Kier molecular flexibility index (Phi) is 4.49. The van der Waals surface area contributed by atoms with Crippen molar-refractivity contribution >= 4 is 17.5 Å². The van der Waals surface area contributed by atoms with Crippen molar-refractivity contribution in [1.82, 2.24) is 15.0 Å². The number of halogens is 1. The highest BCUT2D eigenvalue weighted by Crippen LogP contribution is 2.31. The maximum atomic E-state index is 11.6. The van der Waals surface area contributed by atoms with Crippen LogP contribution in [0.3, 0.4) is 0 Å². The Bertz CT molecular complexity index is 688. The highest BCUT2D eigenvalue weighted by molar-refractivity contribution is 6.30. The van der Waals surface area contributed by atoms with Crippen molar-refractivity contribution in [2.45, 2.75) is 32.1 Å². The number of nitrogens with zero attached hydrogens (tertiary/aromatic N) is 3. The van der Waals surface area contributed by atoms with Gasteiger partial charge in [0.2, 0.25) is 17.6 Å². The monoisotopic (exact) mass is 337 g/mol. The summed E-state index contributed by atoms with van der Waals surface area (Å²) in [6, 6.07) is 6.55. The van der Waals surface area contributed by atoms with Crippen LogP contribution in [-0.4, -0.2) is 38.7 Å². The second-order valence-electron chi connectivity index (χ2n) is 5.37. The van der Waals surface area contributed by atoms with Gasteiger partial charge in [-0.2, -0.15) is 4.98 Å². The number of aromatic nitrogens is 2. The number of aliphatic hydroxyl groups excluding tert-OH is 1. The van der Waals surface area contributed by atoms with Gasteiger partial charge in [-0.15, -0.1) is 0 Å². The number of amides is 1. The van der Waals surface area contributed by atoms with Crippen LogP contribution < -0.4 is 4.74 Å². The average Bonchev–Trinajstić information content (AvgIpc) is 3.13. The summed E-state index contributed by atoms with van der Waals surface area (Å²) in [7, 11) is 0. The molecule has 0 saturated carbocycles. The lowest BCUT2D eigenvalue weighted by Crippen LogP contribution is -2.29. The minimum Gasteiger partial charge on any atom is -0.485 e. The van der Waals surface area contributed by atoms with Gasteiger partial charge in [-0.25, -0.2) is 0 Å². The van der Waals surface area contributed by atoms with Crippen LogP contribution in [0.15, 0.2) is 28.8 Å². The molecule has 122 valence electrons. The molecule has 1 aliphatic heterocycles. The lowest BCUT2D eigenvalue weighted by molar-refractivity contribution is -0.130. The number of carbonyl (C=O) groups is 1. The fraction of sp³-hybridized carbons (Fsp3) is 0.400. The van der Waals surface area contributed by atoms with Crippen LogP contribution in [0.2, 0.25) is 5.02 Å². The van der Waals surface area contributed by atoms with Crippen LogP contribution in [0.1, 0.15) is 31.1 Å². The molecule has 0 unspecified atom stereocenters.